The first kappa shape index (κ1) is 13.4. The maximum absolute atomic E-state index is 12.1. The van der Waals surface area contributed by atoms with Gasteiger partial charge in [0.1, 0.15) is 5.75 Å². The zero-order chi connectivity index (χ0) is 13.8. The molecule has 1 aromatic carbocycles. The van der Waals surface area contributed by atoms with Crippen molar-refractivity contribution in [2.24, 2.45) is 0 Å². The number of para-hydroxylation sites is 1. The predicted molar refractivity (Wildman–Crippen MR) is 66.2 cm³/mol. The molecule has 0 unspecified atom stereocenters. The van der Waals surface area contributed by atoms with Crippen molar-refractivity contribution in [3.63, 3.8) is 0 Å². The van der Waals surface area contributed by atoms with Gasteiger partial charge < -0.3 is 19.9 Å². The van der Waals surface area contributed by atoms with E-state index >= 15 is 0 Å². The summed E-state index contributed by atoms with van der Waals surface area (Å²) >= 11 is 0. The van der Waals surface area contributed by atoms with Gasteiger partial charge in [0, 0.05) is 6.61 Å². The summed E-state index contributed by atoms with van der Waals surface area (Å²) in [4.78, 5) is 23.1. The van der Waals surface area contributed by atoms with E-state index in [4.69, 9.17) is 14.6 Å². The van der Waals surface area contributed by atoms with Crippen LogP contribution in [0.15, 0.2) is 24.3 Å². The average molecular weight is 265 g/mol. The van der Waals surface area contributed by atoms with Crippen LogP contribution in [-0.4, -0.2) is 42.8 Å². The van der Waals surface area contributed by atoms with Crippen LogP contribution in [0, 0.1) is 0 Å². The number of hydrogen-bond acceptors (Lipinski definition) is 4. The van der Waals surface area contributed by atoms with E-state index in [-0.39, 0.29) is 5.91 Å². The first-order valence-corrected chi connectivity index (χ1v) is 5.91. The summed E-state index contributed by atoms with van der Waals surface area (Å²) in [5, 5.41) is 11.6. The fraction of sp³-hybridized carbons (Fsp3) is 0.385. The molecule has 1 aliphatic heterocycles. The highest BCUT2D eigenvalue weighted by atomic mass is 16.5. The van der Waals surface area contributed by atoms with Crippen LogP contribution in [0.2, 0.25) is 0 Å². The monoisotopic (exact) mass is 265 g/mol. The molecule has 0 radical (unpaired) electrons. The van der Waals surface area contributed by atoms with E-state index in [1.54, 1.807) is 24.3 Å². The van der Waals surface area contributed by atoms with Crippen LogP contribution >= 0.6 is 0 Å². The fourth-order valence-electron chi connectivity index (χ4n) is 2.06. The number of carbonyl (C=O) groups excluding carboxylic acids is 1. The summed E-state index contributed by atoms with van der Waals surface area (Å²) in [6.07, 6.45) is -0.503. The number of ether oxygens (including phenoxy) is 2. The number of carboxylic acid groups (broad SMARTS) is 1. The molecule has 0 saturated carbocycles. The third kappa shape index (κ3) is 2.85. The summed E-state index contributed by atoms with van der Waals surface area (Å²) in [6.45, 7) is 0.327. The molecule has 102 valence electrons. The number of carbonyl (C=O) groups is 2. The molecular formula is C13H15NO5. The third-order valence-corrected chi connectivity index (χ3v) is 3.00. The number of rotatable bonds is 4. The first-order valence-electron chi connectivity index (χ1n) is 5.91. The van der Waals surface area contributed by atoms with Crippen molar-refractivity contribution in [1.82, 2.24) is 5.32 Å². The largest absolute Gasteiger partial charge is 0.496 e. The minimum Gasteiger partial charge on any atom is -0.496 e. The van der Waals surface area contributed by atoms with Crippen LogP contribution in [-0.2, 0) is 9.53 Å². The standard InChI is InChI=1S/C13H15NO5/c1-18-10-5-3-2-4-8(10)12(15)14-9-6-7-19-11(9)13(16)17/h2-5,9,11H,6-7H2,1H3,(H,14,15)(H,16,17)/t9-,11+/m1/s1. The van der Waals surface area contributed by atoms with Crippen molar-refractivity contribution in [1.29, 1.82) is 0 Å². The first-order chi connectivity index (χ1) is 9.13. The highest BCUT2D eigenvalue weighted by molar-refractivity contribution is 5.97. The van der Waals surface area contributed by atoms with Crippen LogP contribution in [0.5, 0.6) is 5.75 Å². The van der Waals surface area contributed by atoms with Crippen LogP contribution in [0.3, 0.4) is 0 Å². The molecule has 0 bridgehead atoms. The predicted octanol–water partition coefficient (Wildman–Crippen LogP) is 0.667. The highest BCUT2D eigenvalue weighted by Gasteiger charge is 2.35. The smallest absolute Gasteiger partial charge is 0.334 e. The summed E-state index contributed by atoms with van der Waals surface area (Å²) in [6, 6.07) is 6.26. The lowest BCUT2D eigenvalue weighted by Gasteiger charge is -2.17. The maximum atomic E-state index is 12.1. The number of hydrogen-bond donors (Lipinski definition) is 2. The number of benzene rings is 1. The Morgan fingerprint density at radius 1 is 1.42 bits per heavy atom. The second kappa shape index (κ2) is 5.71. The van der Waals surface area contributed by atoms with E-state index in [0.29, 0.717) is 24.3 Å². The van der Waals surface area contributed by atoms with Gasteiger partial charge in [-0.25, -0.2) is 4.79 Å². The second-order valence-corrected chi connectivity index (χ2v) is 4.20. The number of aliphatic carboxylic acids is 1. The molecule has 1 aromatic rings. The Kier molecular flexibility index (Phi) is 4.01. The number of nitrogens with one attached hydrogen (secondary N) is 1. The zero-order valence-corrected chi connectivity index (χ0v) is 10.5. The lowest BCUT2D eigenvalue weighted by Crippen LogP contribution is -2.44. The van der Waals surface area contributed by atoms with Gasteiger partial charge in [0.05, 0.1) is 18.7 Å². The van der Waals surface area contributed by atoms with Crippen LogP contribution in [0.4, 0.5) is 0 Å². The minimum atomic E-state index is -1.07. The molecule has 1 aliphatic rings. The Morgan fingerprint density at radius 3 is 2.84 bits per heavy atom. The molecule has 0 aromatic heterocycles. The Hall–Kier alpha value is -2.08. The van der Waals surface area contributed by atoms with E-state index in [2.05, 4.69) is 5.32 Å². The van der Waals surface area contributed by atoms with Gasteiger partial charge in [-0.2, -0.15) is 0 Å². The molecule has 1 heterocycles. The van der Waals surface area contributed by atoms with Crippen LogP contribution in [0.25, 0.3) is 0 Å². The van der Waals surface area contributed by atoms with Gasteiger partial charge in [-0.15, -0.1) is 0 Å². The van der Waals surface area contributed by atoms with Gasteiger partial charge in [-0.05, 0) is 18.6 Å². The number of methoxy groups -OCH3 is 1. The van der Waals surface area contributed by atoms with Gasteiger partial charge in [0.15, 0.2) is 6.10 Å². The molecule has 2 atom stereocenters. The molecule has 1 saturated heterocycles. The van der Waals surface area contributed by atoms with Gasteiger partial charge in [0.25, 0.3) is 5.91 Å². The van der Waals surface area contributed by atoms with E-state index in [1.807, 2.05) is 0 Å². The SMILES string of the molecule is COc1ccccc1C(=O)N[C@@H]1CCO[C@@H]1C(=O)O. The van der Waals surface area contributed by atoms with E-state index < -0.39 is 18.1 Å². The van der Waals surface area contributed by atoms with Gasteiger partial charge in [-0.3, -0.25) is 4.79 Å². The Balaban J connectivity index is 2.10. The molecular weight excluding hydrogens is 250 g/mol. The van der Waals surface area contributed by atoms with Crippen LogP contribution < -0.4 is 10.1 Å². The molecule has 2 N–H and O–H groups in total. The third-order valence-electron chi connectivity index (χ3n) is 3.00. The summed E-state index contributed by atoms with van der Waals surface area (Å²) in [7, 11) is 1.48. The summed E-state index contributed by atoms with van der Waals surface area (Å²) in [5.74, 6) is -0.979. The van der Waals surface area contributed by atoms with Crippen molar-refractivity contribution in [3.8, 4) is 5.75 Å². The summed E-state index contributed by atoms with van der Waals surface area (Å²) in [5.41, 5.74) is 0.376. The molecule has 0 spiro atoms. The van der Waals surface area contributed by atoms with Crippen molar-refractivity contribution >= 4 is 11.9 Å². The molecule has 6 heteroatoms. The second-order valence-electron chi connectivity index (χ2n) is 4.20. The van der Waals surface area contributed by atoms with Crippen LogP contribution in [0.1, 0.15) is 16.8 Å². The number of amides is 1. The van der Waals surface area contributed by atoms with Crippen molar-refractivity contribution < 1.29 is 24.2 Å². The molecule has 1 amide bonds. The Labute approximate surface area is 110 Å². The molecule has 1 fully saturated rings. The van der Waals surface area contributed by atoms with E-state index in [0.717, 1.165) is 0 Å². The zero-order valence-electron chi connectivity index (χ0n) is 10.5. The highest BCUT2D eigenvalue weighted by Crippen LogP contribution is 2.19. The molecule has 2 rings (SSSR count). The Bertz CT molecular complexity index is 488. The molecule has 19 heavy (non-hydrogen) atoms. The normalized spacial score (nSPS) is 21.9. The minimum absolute atomic E-state index is 0.327. The maximum Gasteiger partial charge on any atom is 0.334 e. The number of carboxylic acids is 1. The van der Waals surface area contributed by atoms with Gasteiger partial charge in [-0.1, -0.05) is 12.1 Å². The molecule has 6 nitrogen and oxygen atoms in total. The quantitative estimate of drug-likeness (QED) is 0.835. The van der Waals surface area contributed by atoms with E-state index in [1.165, 1.54) is 7.11 Å². The van der Waals surface area contributed by atoms with Gasteiger partial charge >= 0.3 is 5.97 Å². The average Bonchev–Trinajstić information content (AvgIpc) is 2.87. The van der Waals surface area contributed by atoms with Crippen molar-refractivity contribution in [2.45, 2.75) is 18.6 Å². The fourth-order valence-corrected chi connectivity index (χ4v) is 2.06. The Morgan fingerprint density at radius 2 is 2.16 bits per heavy atom. The summed E-state index contributed by atoms with van der Waals surface area (Å²) < 4.78 is 10.2. The lowest BCUT2D eigenvalue weighted by molar-refractivity contribution is -0.148. The van der Waals surface area contributed by atoms with Crippen molar-refractivity contribution in [2.75, 3.05) is 13.7 Å². The lowest BCUT2D eigenvalue weighted by atomic mass is 10.1. The molecule has 0 aliphatic carbocycles. The van der Waals surface area contributed by atoms with Gasteiger partial charge in [0.2, 0.25) is 0 Å². The van der Waals surface area contributed by atoms with E-state index in [9.17, 15) is 9.59 Å². The topological polar surface area (TPSA) is 84.9 Å². The van der Waals surface area contributed by atoms with Crippen molar-refractivity contribution in [3.05, 3.63) is 29.8 Å².